The first-order valence-electron chi connectivity index (χ1n) is 9.24. The molecule has 150 valence electrons. The molecule has 6 nitrogen and oxygen atoms in total. The van der Waals surface area contributed by atoms with Crippen molar-refractivity contribution in [2.45, 2.75) is 6.54 Å². The summed E-state index contributed by atoms with van der Waals surface area (Å²) in [5.74, 6) is -1.21. The van der Waals surface area contributed by atoms with Crippen LogP contribution in [0.2, 0.25) is 5.02 Å². The van der Waals surface area contributed by atoms with Crippen LogP contribution < -0.4 is 0 Å². The van der Waals surface area contributed by atoms with Gasteiger partial charge in [-0.15, -0.1) is 0 Å². The number of H-pyrrole nitrogens is 1. The van der Waals surface area contributed by atoms with Crippen LogP contribution in [-0.4, -0.2) is 38.9 Å². The molecule has 0 aliphatic carbocycles. The number of hydrogen-bond donors (Lipinski definition) is 2. The van der Waals surface area contributed by atoms with Gasteiger partial charge in [0, 0.05) is 41.3 Å². The van der Waals surface area contributed by atoms with Gasteiger partial charge in [-0.1, -0.05) is 48.0 Å². The Balaban J connectivity index is 1.59. The van der Waals surface area contributed by atoms with Gasteiger partial charge >= 0.3 is 5.97 Å². The van der Waals surface area contributed by atoms with E-state index in [2.05, 4.69) is 9.97 Å². The zero-order chi connectivity index (χ0) is 21.3. The zero-order valence-electron chi connectivity index (χ0n) is 16.1. The molecular weight excluding hydrogens is 402 g/mol. The van der Waals surface area contributed by atoms with Gasteiger partial charge in [0.25, 0.3) is 5.91 Å². The number of halogens is 1. The summed E-state index contributed by atoms with van der Waals surface area (Å²) in [6, 6.07) is 18.1. The molecule has 1 amide bonds. The Kier molecular flexibility index (Phi) is 5.25. The number of rotatable bonds is 5. The van der Waals surface area contributed by atoms with Crippen molar-refractivity contribution in [3.63, 3.8) is 0 Å². The molecule has 0 bridgehead atoms. The van der Waals surface area contributed by atoms with Gasteiger partial charge in [0.05, 0.1) is 0 Å². The highest BCUT2D eigenvalue weighted by Gasteiger charge is 2.17. The summed E-state index contributed by atoms with van der Waals surface area (Å²) in [6.45, 7) is 0.381. The van der Waals surface area contributed by atoms with Gasteiger partial charge in [0.1, 0.15) is 11.4 Å². The van der Waals surface area contributed by atoms with Gasteiger partial charge in [-0.3, -0.25) is 4.79 Å². The fourth-order valence-corrected chi connectivity index (χ4v) is 3.54. The lowest BCUT2D eigenvalue weighted by Gasteiger charge is -2.19. The van der Waals surface area contributed by atoms with Gasteiger partial charge in [-0.05, 0) is 35.4 Å². The lowest BCUT2D eigenvalue weighted by molar-refractivity contribution is 0.0689. The van der Waals surface area contributed by atoms with Crippen molar-refractivity contribution < 1.29 is 14.7 Å². The molecule has 0 radical (unpaired) electrons. The number of carbonyl (C=O) groups is 2. The van der Waals surface area contributed by atoms with Crippen LogP contribution in [0.25, 0.3) is 22.0 Å². The number of carboxylic acid groups (broad SMARTS) is 1. The van der Waals surface area contributed by atoms with Crippen molar-refractivity contribution in [3.05, 3.63) is 88.8 Å². The topological polar surface area (TPSA) is 86.3 Å². The van der Waals surface area contributed by atoms with Gasteiger partial charge in [-0.25, -0.2) is 9.78 Å². The summed E-state index contributed by atoms with van der Waals surface area (Å²) in [4.78, 5) is 32.7. The van der Waals surface area contributed by atoms with E-state index in [4.69, 9.17) is 16.7 Å². The van der Waals surface area contributed by atoms with Crippen LogP contribution >= 0.6 is 11.6 Å². The molecule has 0 fully saturated rings. The second-order valence-corrected chi connectivity index (χ2v) is 7.41. The van der Waals surface area contributed by atoms with Crippen molar-refractivity contribution in [1.82, 2.24) is 14.9 Å². The van der Waals surface area contributed by atoms with E-state index < -0.39 is 5.97 Å². The molecule has 2 aromatic carbocycles. The van der Waals surface area contributed by atoms with Crippen molar-refractivity contribution >= 4 is 34.4 Å². The maximum Gasteiger partial charge on any atom is 0.354 e. The van der Waals surface area contributed by atoms with Gasteiger partial charge < -0.3 is 15.0 Å². The third-order valence-corrected chi connectivity index (χ3v) is 5.12. The number of fused-ring (bicyclic) bond motifs is 1. The number of aromatic carboxylic acids is 1. The molecular formula is C23H18ClN3O3. The summed E-state index contributed by atoms with van der Waals surface area (Å²) < 4.78 is 0. The van der Waals surface area contributed by atoms with Crippen LogP contribution in [0.3, 0.4) is 0 Å². The number of pyridine rings is 1. The number of aromatic nitrogens is 2. The second kappa shape index (κ2) is 8.00. The zero-order valence-corrected chi connectivity index (χ0v) is 16.8. The van der Waals surface area contributed by atoms with E-state index in [-0.39, 0.29) is 11.6 Å². The second-order valence-electron chi connectivity index (χ2n) is 6.97. The predicted octanol–water partition coefficient (Wildman–Crippen LogP) is 4.85. The summed E-state index contributed by atoms with van der Waals surface area (Å²) >= 11 is 6.03. The Morgan fingerprint density at radius 1 is 1.10 bits per heavy atom. The Morgan fingerprint density at radius 3 is 2.63 bits per heavy atom. The predicted molar refractivity (Wildman–Crippen MR) is 116 cm³/mol. The molecule has 0 spiro atoms. The van der Waals surface area contributed by atoms with E-state index in [0.29, 0.717) is 17.3 Å². The molecule has 2 heterocycles. The maximum absolute atomic E-state index is 13.0. The molecule has 0 saturated carbocycles. The number of hydrogen-bond acceptors (Lipinski definition) is 3. The Bertz CT molecular complexity index is 1250. The molecule has 0 aliphatic heterocycles. The van der Waals surface area contributed by atoms with E-state index >= 15 is 0 Å². The first-order chi connectivity index (χ1) is 14.4. The maximum atomic E-state index is 13.0. The van der Waals surface area contributed by atoms with E-state index in [1.165, 1.54) is 12.3 Å². The van der Waals surface area contributed by atoms with Crippen LogP contribution in [0, 0.1) is 0 Å². The van der Waals surface area contributed by atoms with Crippen molar-refractivity contribution in [3.8, 4) is 11.1 Å². The lowest BCUT2D eigenvalue weighted by atomic mass is 10.0. The van der Waals surface area contributed by atoms with Crippen molar-refractivity contribution in [2.75, 3.05) is 7.05 Å². The van der Waals surface area contributed by atoms with Crippen molar-refractivity contribution in [2.24, 2.45) is 0 Å². The molecule has 30 heavy (non-hydrogen) atoms. The van der Waals surface area contributed by atoms with Crippen LogP contribution in [0.1, 0.15) is 26.5 Å². The number of carboxylic acids is 1. The van der Waals surface area contributed by atoms with Crippen molar-refractivity contribution in [1.29, 1.82) is 0 Å². The monoisotopic (exact) mass is 419 g/mol. The normalized spacial score (nSPS) is 10.9. The summed E-state index contributed by atoms with van der Waals surface area (Å²) in [5, 5.41) is 10.6. The van der Waals surface area contributed by atoms with E-state index in [1.807, 2.05) is 36.4 Å². The fraction of sp³-hybridized carbons (Fsp3) is 0.0870. The Hall–Kier alpha value is -3.64. The summed E-state index contributed by atoms with van der Waals surface area (Å²) in [6.07, 6.45) is 1.53. The number of aromatic amines is 1. The third-order valence-electron chi connectivity index (χ3n) is 4.88. The first kappa shape index (κ1) is 19.7. The summed E-state index contributed by atoms with van der Waals surface area (Å²) in [7, 11) is 1.74. The minimum absolute atomic E-state index is 0.0116. The smallest absolute Gasteiger partial charge is 0.354 e. The largest absolute Gasteiger partial charge is 0.477 e. The lowest BCUT2D eigenvalue weighted by Crippen LogP contribution is -2.26. The molecule has 0 atom stereocenters. The standard InChI is InChI=1S/C23H18ClN3O3/c1-27(22(28)21-10-14-6-8-17(24)11-20(14)26-21)13-16-4-2-3-5-18(16)15-7-9-19(23(29)30)25-12-15/h2-12,26H,13H2,1H3,(H,29,30). The van der Waals surface area contributed by atoms with Crippen LogP contribution in [-0.2, 0) is 6.54 Å². The molecule has 2 N–H and O–H groups in total. The molecule has 4 aromatic rings. The van der Waals surface area contributed by atoms with Gasteiger partial charge in [0.15, 0.2) is 0 Å². The van der Waals surface area contributed by atoms with Crippen LogP contribution in [0.15, 0.2) is 66.9 Å². The molecule has 7 heteroatoms. The highest BCUT2D eigenvalue weighted by Crippen LogP contribution is 2.25. The molecule has 0 aliphatic rings. The van der Waals surface area contributed by atoms with Crippen LogP contribution in [0.4, 0.5) is 0 Å². The third kappa shape index (κ3) is 3.90. The number of benzene rings is 2. The Labute approximate surface area is 177 Å². The van der Waals surface area contributed by atoms with Gasteiger partial charge in [0.2, 0.25) is 0 Å². The van der Waals surface area contributed by atoms with Gasteiger partial charge in [-0.2, -0.15) is 0 Å². The number of nitrogens with zero attached hydrogens (tertiary/aromatic N) is 2. The van der Waals surface area contributed by atoms with E-state index in [9.17, 15) is 9.59 Å². The quantitative estimate of drug-likeness (QED) is 0.484. The van der Waals surface area contributed by atoms with E-state index in [1.54, 1.807) is 30.1 Å². The minimum Gasteiger partial charge on any atom is -0.477 e. The molecule has 0 unspecified atom stereocenters. The average molecular weight is 420 g/mol. The number of nitrogens with one attached hydrogen (secondary N) is 1. The highest BCUT2D eigenvalue weighted by atomic mass is 35.5. The first-order valence-corrected chi connectivity index (χ1v) is 9.61. The number of carbonyl (C=O) groups excluding carboxylic acids is 1. The average Bonchev–Trinajstić information content (AvgIpc) is 3.16. The van der Waals surface area contributed by atoms with E-state index in [0.717, 1.165) is 27.6 Å². The minimum atomic E-state index is -1.07. The fourth-order valence-electron chi connectivity index (χ4n) is 3.37. The number of amides is 1. The summed E-state index contributed by atoms with van der Waals surface area (Å²) in [5.41, 5.74) is 3.89. The highest BCUT2D eigenvalue weighted by molar-refractivity contribution is 6.31. The molecule has 0 saturated heterocycles. The SMILES string of the molecule is CN(Cc1ccccc1-c1ccc(C(=O)O)nc1)C(=O)c1cc2ccc(Cl)cc2[nH]1. The Morgan fingerprint density at radius 2 is 1.90 bits per heavy atom. The molecule has 2 aromatic heterocycles. The molecule has 4 rings (SSSR count). The van der Waals surface area contributed by atoms with Crippen LogP contribution in [0.5, 0.6) is 0 Å².